The van der Waals surface area contributed by atoms with Crippen LogP contribution in [0.3, 0.4) is 0 Å². The third-order valence-corrected chi connectivity index (χ3v) is 4.93. The van der Waals surface area contributed by atoms with E-state index in [0.717, 1.165) is 0 Å². The minimum absolute atomic E-state index is 0.00167. The molecule has 0 spiro atoms. The molecule has 1 fully saturated rings. The maximum absolute atomic E-state index is 11.2. The van der Waals surface area contributed by atoms with Gasteiger partial charge in [-0.25, -0.2) is 4.79 Å². The van der Waals surface area contributed by atoms with Crippen molar-refractivity contribution in [2.45, 2.75) is 30.7 Å². The molecule has 30 heavy (non-hydrogen) atoms. The molecule has 8 nitrogen and oxygen atoms in total. The second-order valence-corrected chi connectivity index (χ2v) is 7.51. The fourth-order valence-corrected chi connectivity index (χ4v) is 3.43. The third kappa shape index (κ3) is 4.70. The van der Waals surface area contributed by atoms with Crippen LogP contribution in [0, 0.1) is 0 Å². The molecule has 5 atom stereocenters. The summed E-state index contributed by atoms with van der Waals surface area (Å²) < 4.78 is 10.5. The first kappa shape index (κ1) is 22.4. The molecule has 1 aliphatic rings. The topological polar surface area (TPSA) is 137 Å². The molecular formula is C20H18Cl2O8. The number of aliphatic hydroxyl groups excluding tert-OH is 3. The van der Waals surface area contributed by atoms with Crippen molar-refractivity contribution in [3.05, 3.63) is 64.1 Å². The summed E-state index contributed by atoms with van der Waals surface area (Å²) >= 11 is 12.1. The number of aliphatic hydroxyl groups is 3. The van der Waals surface area contributed by atoms with Crippen molar-refractivity contribution in [1.82, 2.24) is 0 Å². The SMILES string of the molecule is O=C(O)[C@H]1O[C@@H](Oc2ccc(C(=C(Cl)Cl)c3ccc(O)cc3)cc2)[C@H](O)[C@@H](O)[C@@H]1O. The highest BCUT2D eigenvalue weighted by molar-refractivity contribution is 6.59. The maximum atomic E-state index is 11.2. The van der Waals surface area contributed by atoms with Crippen LogP contribution < -0.4 is 4.74 Å². The van der Waals surface area contributed by atoms with Gasteiger partial charge in [-0.3, -0.25) is 0 Å². The van der Waals surface area contributed by atoms with Crippen molar-refractivity contribution in [3.63, 3.8) is 0 Å². The molecule has 1 heterocycles. The number of phenols is 1. The summed E-state index contributed by atoms with van der Waals surface area (Å²) in [6, 6.07) is 12.5. The molecule has 0 unspecified atom stereocenters. The van der Waals surface area contributed by atoms with Crippen molar-refractivity contribution in [1.29, 1.82) is 0 Å². The number of carboxylic acids is 1. The lowest BCUT2D eigenvalue weighted by Gasteiger charge is -2.38. The number of hydrogen-bond acceptors (Lipinski definition) is 7. The van der Waals surface area contributed by atoms with Gasteiger partial charge in [-0.2, -0.15) is 0 Å². The van der Waals surface area contributed by atoms with E-state index < -0.39 is 36.7 Å². The molecule has 10 heteroatoms. The Bertz CT molecular complexity index is 925. The molecule has 2 aromatic carbocycles. The van der Waals surface area contributed by atoms with Gasteiger partial charge in [0, 0.05) is 5.57 Å². The molecule has 5 N–H and O–H groups in total. The van der Waals surface area contributed by atoms with Gasteiger partial charge >= 0.3 is 5.97 Å². The van der Waals surface area contributed by atoms with Crippen molar-refractivity contribution >= 4 is 34.7 Å². The number of phenolic OH excluding ortho intramolecular Hbond substituents is 1. The van der Waals surface area contributed by atoms with E-state index in [1.807, 2.05) is 0 Å². The molecule has 0 aliphatic carbocycles. The molecule has 0 amide bonds. The normalized spacial score (nSPS) is 26.1. The first-order valence-electron chi connectivity index (χ1n) is 8.73. The summed E-state index contributed by atoms with van der Waals surface area (Å²) in [5.41, 5.74) is 1.79. The van der Waals surface area contributed by atoms with Gasteiger partial charge in [-0.05, 0) is 35.4 Å². The predicted octanol–water partition coefficient (Wildman–Crippen LogP) is 1.86. The lowest BCUT2D eigenvalue weighted by atomic mass is 9.98. The lowest BCUT2D eigenvalue weighted by molar-refractivity contribution is -0.271. The van der Waals surface area contributed by atoms with Crippen LogP contribution in [0.2, 0.25) is 0 Å². The maximum Gasteiger partial charge on any atom is 0.335 e. The average Bonchev–Trinajstić information content (AvgIpc) is 2.70. The van der Waals surface area contributed by atoms with Crippen LogP contribution in [0.5, 0.6) is 11.5 Å². The molecule has 0 saturated carbocycles. The fraction of sp³-hybridized carbons (Fsp3) is 0.250. The summed E-state index contributed by atoms with van der Waals surface area (Å²) in [7, 11) is 0. The second-order valence-electron chi connectivity index (χ2n) is 6.56. The first-order chi connectivity index (χ1) is 14.2. The number of rotatable bonds is 5. The van der Waals surface area contributed by atoms with Gasteiger partial charge in [-0.15, -0.1) is 0 Å². The molecule has 0 aromatic heterocycles. The second kappa shape index (κ2) is 9.22. The average molecular weight is 457 g/mol. The Balaban J connectivity index is 1.80. The van der Waals surface area contributed by atoms with Gasteiger partial charge in [0.05, 0.1) is 0 Å². The summed E-state index contributed by atoms with van der Waals surface area (Å²) in [6.45, 7) is 0. The van der Waals surface area contributed by atoms with E-state index in [2.05, 4.69) is 0 Å². The highest BCUT2D eigenvalue weighted by atomic mass is 35.5. The van der Waals surface area contributed by atoms with Gasteiger partial charge < -0.3 is 35.0 Å². The van der Waals surface area contributed by atoms with Crippen LogP contribution in [0.25, 0.3) is 5.57 Å². The number of ether oxygens (including phenoxy) is 2. The number of benzene rings is 2. The Morgan fingerprint density at radius 3 is 1.90 bits per heavy atom. The summed E-state index contributed by atoms with van der Waals surface area (Å²) in [5, 5.41) is 48.2. The number of aliphatic carboxylic acids is 1. The Morgan fingerprint density at radius 2 is 1.40 bits per heavy atom. The lowest BCUT2D eigenvalue weighted by Crippen LogP contribution is -2.61. The molecule has 1 aliphatic heterocycles. The van der Waals surface area contributed by atoms with Crippen LogP contribution in [0.1, 0.15) is 11.1 Å². The Hall–Kier alpha value is -2.33. The van der Waals surface area contributed by atoms with E-state index in [-0.39, 0.29) is 16.0 Å². The largest absolute Gasteiger partial charge is 0.508 e. The van der Waals surface area contributed by atoms with E-state index in [1.54, 1.807) is 24.3 Å². The summed E-state index contributed by atoms with van der Waals surface area (Å²) in [6.07, 6.45) is -8.50. The van der Waals surface area contributed by atoms with E-state index in [0.29, 0.717) is 16.7 Å². The molecule has 0 bridgehead atoms. The van der Waals surface area contributed by atoms with Crippen molar-refractivity contribution < 1.29 is 39.8 Å². The quantitative estimate of drug-likeness (QED) is 0.459. The number of aromatic hydroxyl groups is 1. The van der Waals surface area contributed by atoms with Crippen LogP contribution in [-0.2, 0) is 9.53 Å². The van der Waals surface area contributed by atoms with Crippen LogP contribution in [-0.4, -0.2) is 62.2 Å². The van der Waals surface area contributed by atoms with Crippen molar-refractivity contribution in [3.8, 4) is 11.5 Å². The van der Waals surface area contributed by atoms with Crippen molar-refractivity contribution in [2.75, 3.05) is 0 Å². The zero-order chi connectivity index (χ0) is 22.0. The van der Waals surface area contributed by atoms with Crippen LogP contribution in [0.4, 0.5) is 0 Å². The van der Waals surface area contributed by atoms with Gasteiger partial charge in [-0.1, -0.05) is 47.5 Å². The smallest absolute Gasteiger partial charge is 0.335 e. The number of carbonyl (C=O) groups is 1. The summed E-state index contributed by atoms with van der Waals surface area (Å²) in [4.78, 5) is 11.2. The first-order valence-corrected chi connectivity index (χ1v) is 9.49. The van der Waals surface area contributed by atoms with E-state index >= 15 is 0 Å². The predicted molar refractivity (Wildman–Crippen MR) is 107 cm³/mol. The monoisotopic (exact) mass is 456 g/mol. The van der Waals surface area contributed by atoms with E-state index in [1.165, 1.54) is 24.3 Å². The van der Waals surface area contributed by atoms with Gasteiger partial charge in [0.2, 0.25) is 6.29 Å². The molecular weight excluding hydrogens is 439 g/mol. The Kier molecular flexibility index (Phi) is 6.87. The fourth-order valence-electron chi connectivity index (χ4n) is 3.00. The molecule has 2 aromatic rings. The molecule has 160 valence electrons. The molecule has 1 saturated heterocycles. The number of hydrogen-bond donors (Lipinski definition) is 5. The zero-order valence-corrected chi connectivity index (χ0v) is 16.7. The standard InChI is InChI=1S/C20H18Cl2O8/c21-18(22)13(9-1-5-11(23)6-2-9)10-3-7-12(8-4-10)29-20-16(26)14(24)15(25)17(30-20)19(27)28/h1-8,14-17,20,23-26H,(H,27,28)/t14-,15-,16+,17-,20+/m0/s1. The minimum Gasteiger partial charge on any atom is -0.508 e. The number of carboxylic acid groups (broad SMARTS) is 1. The van der Waals surface area contributed by atoms with E-state index in [9.17, 15) is 25.2 Å². The molecule has 0 radical (unpaired) electrons. The third-order valence-electron chi connectivity index (χ3n) is 4.55. The minimum atomic E-state index is -1.80. The Morgan fingerprint density at radius 1 is 0.867 bits per heavy atom. The summed E-state index contributed by atoms with van der Waals surface area (Å²) in [5.74, 6) is -1.21. The van der Waals surface area contributed by atoms with Crippen molar-refractivity contribution in [2.24, 2.45) is 0 Å². The highest BCUT2D eigenvalue weighted by Gasteiger charge is 2.48. The molecule has 3 rings (SSSR count). The Labute approximate surface area is 181 Å². The van der Waals surface area contributed by atoms with Crippen LogP contribution in [0.15, 0.2) is 53.0 Å². The van der Waals surface area contributed by atoms with Gasteiger partial charge in [0.25, 0.3) is 0 Å². The zero-order valence-electron chi connectivity index (χ0n) is 15.2. The van der Waals surface area contributed by atoms with Gasteiger partial charge in [0.15, 0.2) is 6.10 Å². The van der Waals surface area contributed by atoms with Gasteiger partial charge in [0.1, 0.15) is 34.3 Å². The highest BCUT2D eigenvalue weighted by Crippen LogP contribution is 2.33. The van der Waals surface area contributed by atoms with Crippen LogP contribution >= 0.6 is 23.2 Å². The van der Waals surface area contributed by atoms with E-state index in [4.69, 9.17) is 37.8 Å². The number of halogens is 2.